The van der Waals surface area contributed by atoms with Crippen LogP contribution in [0.4, 0.5) is 0 Å². The van der Waals surface area contributed by atoms with Crippen molar-refractivity contribution in [2.45, 2.75) is 52.2 Å². The number of nitrogens with one attached hydrogen (secondary N) is 1. The second-order valence-electron chi connectivity index (χ2n) is 5.59. The van der Waals surface area contributed by atoms with Crippen molar-refractivity contribution in [2.75, 3.05) is 13.2 Å². The van der Waals surface area contributed by atoms with Crippen LogP contribution in [0.5, 0.6) is 5.75 Å². The predicted octanol–water partition coefficient (Wildman–Crippen LogP) is 3.29. The van der Waals surface area contributed by atoms with E-state index in [1.165, 1.54) is 5.56 Å². The van der Waals surface area contributed by atoms with E-state index in [-0.39, 0.29) is 0 Å². The third-order valence-electron chi connectivity index (χ3n) is 2.92. The molecule has 0 heterocycles. The van der Waals surface area contributed by atoms with E-state index >= 15 is 0 Å². The maximum Gasteiger partial charge on any atom is 0.119 e. The van der Waals surface area contributed by atoms with Gasteiger partial charge in [0.15, 0.2) is 0 Å². The Morgan fingerprint density at radius 1 is 1.21 bits per heavy atom. The first-order valence-corrected chi connectivity index (χ1v) is 7.14. The van der Waals surface area contributed by atoms with Crippen molar-refractivity contribution in [3.05, 3.63) is 29.8 Å². The quantitative estimate of drug-likeness (QED) is 0.758. The average Bonchev–Trinajstić information content (AvgIpc) is 2.38. The van der Waals surface area contributed by atoms with Gasteiger partial charge in [-0.05, 0) is 50.9 Å². The first-order valence-electron chi connectivity index (χ1n) is 7.14. The molecule has 0 fully saturated rings. The van der Waals surface area contributed by atoms with Crippen LogP contribution in [0.2, 0.25) is 0 Å². The Morgan fingerprint density at radius 2 is 1.84 bits per heavy atom. The first kappa shape index (κ1) is 16.0. The molecule has 0 aliphatic rings. The molecular formula is C16H27NO2. The summed E-state index contributed by atoms with van der Waals surface area (Å²) in [6.45, 7) is 9.18. The van der Waals surface area contributed by atoms with Gasteiger partial charge in [-0.3, -0.25) is 0 Å². The van der Waals surface area contributed by atoms with E-state index in [1.54, 1.807) is 13.8 Å². The van der Waals surface area contributed by atoms with Gasteiger partial charge in [0.1, 0.15) is 12.4 Å². The van der Waals surface area contributed by atoms with Gasteiger partial charge in [-0.1, -0.05) is 26.0 Å². The molecule has 1 aromatic carbocycles. The Balaban J connectivity index is 2.59. The molecule has 0 aliphatic heterocycles. The summed E-state index contributed by atoms with van der Waals surface area (Å²) in [6.07, 6.45) is 2.22. The molecule has 1 rings (SSSR count). The monoisotopic (exact) mass is 265 g/mol. The summed E-state index contributed by atoms with van der Waals surface area (Å²) in [6, 6.07) is 8.53. The van der Waals surface area contributed by atoms with Crippen LogP contribution < -0.4 is 10.1 Å². The number of ether oxygens (including phenoxy) is 1. The van der Waals surface area contributed by atoms with Crippen molar-refractivity contribution in [1.29, 1.82) is 0 Å². The van der Waals surface area contributed by atoms with Crippen LogP contribution in [0, 0.1) is 0 Å². The van der Waals surface area contributed by atoms with Crippen LogP contribution in [0.25, 0.3) is 0 Å². The molecule has 3 heteroatoms. The van der Waals surface area contributed by atoms with Gasteiger partial charge >= 0.3 is 0 Å². The SMILES string of the molecule is CCCNC(CC)c1ccc(OCC(C)(C)O)cc1. The van der Waals surface area contributed by atoms with E-state index in [2.05, 4.69) is 31.3 Å². The van der Waals surface area contributed by atoms with E-state index in [4.69, 9.17) is 4.74 Å². The zero-order chi connectivity index (χ0) is 14.3. The molecule has 0 amide bonds. The molecule has 2 N–H and O–H groups in total. The molecule has 19 heavy (non-hydrogen) atoms. The van der Waals surface area contributed by atoms with Crippen LogP contribution in [-0.2, 0) is 0 Å². The molecule has 108 valence electrons. The summed E-state index contributed by atoms with van der Waals surface area (Å²) in [5, 5.41) is 13.2. The highest BCUT2D eigenvalue weighted by atomic mass is 16.5. The molecule has 1 atom stereocenters. The Morgan fingerprint density at radius 3 is 2.32 bits per heavy atom. The first-order chi connectivity index (χ1) is 8.96. The van der Waals surface area contributed by atoms with Crippen LogP contribution >= 0.6 is 0 Å². The molecule has 0 aliphatic carbocycles. The van der Waals surface area contributed by atoms with Crippen molar-refractivity contribution < 1.29 is 9.84 Å². The number of hydrogen-bond acceptors (Lipinski definition) is 3. The van der Waals surface area contributed by atoms with Gasteiger partial charge in [0.25, 0.3) is 0 Å². The van der Waals surface area contributed by atoms with Crippen molar-refractivity contribution >= 4 is 0 Å². The summed E-state index contributed by atoms with van der Waals surface area (Å²) in [4.78, 5) is 0. The van der Waals surface area contributed by atoms with Crippen LogP contribution in [0.3, 0.4) is 0 Å². The van der Waals surface area contributed by atoms with Crippen molar-refractivity contribution in [3.8, 4) is 5.75 Å². The van der Waals surface area contributed by atoms with E-state index in [0.29, 0.717) is 12.6 Å². The van der Waals surface area contributed by atoms with Crippen molar-refractivity contribution in [2.24, 2.45) is 0 Å². The van der Waals surface area contributed by atoms with Gasteiger partial charge in [-0.25, -0.2) is 0 Å². The lowest BCUT2D eigenvalue weighted by Crippen LogP contribution is -2.27. The van der Waals surface area contributed by atoms with Gasteiger partial charge in [0.05, 0.1) is 5.60 Å². The third kappa shape index (κ3) is 6.08. The number of benzene rings is 1. The highest BCUT2D eigenvalue weighted by molar-refractivity contribution is 5.29. The Labute approximate surface area is 117 Å². The molecule has 0 saturated heterocycles. The van der Waals surface area contributed by atoms with Crippen LogP contribution in [0.15, 0.2) is 24.3 Å². The summed E-state index contributed by atoms with van der Waals surface area (Å²) in [5.74, 6) is 0.802. The zero-order valence-corrected chi connectivity index (χ0v) is 12.6. The molecule has 1 unspecified atom stereocenters. The van der Waals surface area contributed by atoms with E-state index in [9.17, 15) is 5.11 Å². The van der Waals surface area contributed by atoms with E-state index in [1.807, 2.05) is 12.1 Å². The van der Waals surface area contributed by atoms with Gasteiger partial charge in [-0.15, -0.1) is 0 Å². The lowest BCUT2D eigenvalue weighted by Gasteiger charge is -2.19. The number of rotatable bonds is 8. The molecule has 0 spiro atoms. The normalized spacial score (nSPS) is 13.3. The Kier molecular flexibility index (Phi) is 6.32. The molecule has 0 radical (unpaired) electrons. The number of aliphatic hydroxyl groups is 1. The highest BCUT2D eigenvalue weighted by Crippen LogP contribution is 2.20. The molecular weight excluding hydrogens is 238 g/mol. The second-order valence-corrected chi connectivity index (χ2v) is 5.59. The average molecular weight is 265 g/mol. The Hall–Kier alpha value is -1.06. The lowest BCUT2D eigenvalue weighted by atomic mass is 10.0. The Bertz CT molecular complexity index is 354. The smallest absolute Gasteiger partial charge is 0.119 e. The fourth-order valence-electron chi connectivity index (χ4n) is 1.87. The molecule has 3 nitrogen and oxygen atoms in total. The minimum atomic E-state index is -0.798. The fourth-order valence-corrected chi connectivity index (χ4v) is 1.87. The molecule has 0 bridgehead atoms. The fraction of sp³-hybridized carbons (Fsp3) is 0.625. The van der Waals surface area contributed by atoms with E-state index in [0.717, 1.165) is 25.1 Å². The minimum Gasteiger partial charge on any atom is -0.491 e. The maximum absolute atomic E-state index is 9.62. The van der Waals surface area contributed by atoms with E-state index < -0.39 is 5.60 Å². The summed E-state index contributed by atoms with van der Waals surface area (Å²) < 4.78 is 5.55. The maximum atomic E-state index is 9.62. The van der Waals surface area contributed by atoms with Crippen LogP contribution in [-0.4, -0.2) is 23.9 Å². The van der Waals surface area contributed by atoms with Crippen molar-refractivity contribution in [1.82, 2.24) is 5.32 Å². The van der Waals surface area contributed by atoms with Gasteiger partial charge < -0.3 is 15.2 Å². The number of hydrogen-bond donors (Lipinski definition) is 2. The van der Waals surface area contributed by atoms with Gasteiger partial charge in [0.2, 0.25) is 0 Å². The highest BCUT2D eigenvalue weighted by Gasteiger charge is 2.13. The van der Waals surface area contributed by atoms with Gasteiger partial charge in [0, 0.05) is 6.04 Å². The van der Waals surface area contributed by atoms with Crippen molar-refractivity contribution in [3.63, 3.8) is 0 Å². The van der Waals surface area contributed by atoms with Gasteiger partial charge in [-0.2, -0.15) is 0 Å². The molecule has 0 aromatic heterocycles. The topological polar surface area (TPSA) is 41.5 Å². The lowest BCUT2D eigenvalue weighted by molar-refractivity contribution is 0.0285. The largest absolute Gasteiger partial charge is 0.491 e. The standard InChI is InChI=1S/C16H27NO2/c1-5-11-17-15(6-2)13-7-9-14(10-8-13)19-12-16(3,4)18/h7-10,15,17-18H,5-6,11-12H2,1-4H3. The summed E-state index contributed by atoms with van der Waals surface area (Å²) >= 11 is 0. The van der Waals surface area contributed by atoms with Crippen LogP contribution in [0.1, 0.15) is 52.1 Å². The summed E-state index contributed by atoms with van der Waals surface area (Å²) in [5.41, 5.74) is 0.486. The zero-order valence-electron chi connectivity index (χ0n) is 12.6. The third-order valence-corrected chi connectivity index (χ3v) is 2.92. The molecule has 0 saturated carbocycles. The predicted molar refractivity (Wildman–Crippen MR) is 79.6 cm³/mol. The summed E-state index contributed by atoms with van der Waals surface area (Å²) in [7, 11) is 0. The minimum absolute atomic E-state index is 0.303. The molecule has 1 aromatic rings. The second kappa shape index (κ2) is 7.51.